The molecule has 3 N–H and O–H groups in total. The lowest BCUT2D eigenvalue weighted by Crippen LogP contribution is -2.51. The van der Waals surface area contributed by atoms with E-state index in [1.165, 1.54) is 19.1 Å². The van der Waals surface area contributed by atoms with E-state index in [-0.39, 0.29) is 5.75 Å². The molecule has 1 aliphatic rings. The number of para-hydroxylation sites is 1. The van der Waals surface area contributed by atoms with Crippen LogP contribution in [-0.2, 0) is 30.6 Å². The number of aliphatic hydroxyl groups is 1. The Morgan fingerprint density at radius 1 is 1.31 bits per heavy atom. The number of H-pyrrole nitrogens is 1. The van der Waals surface area contributed by atoms with Crippen molar-refractivity contribution in [1.29, 1.82) is 0 Å². The van der Waals surface area contributed by atoms with Gasteiger partial charge < -0.3 is 23.6 Å². The number of rotatable bonds is 11. The molecule has 2 aromatic rings. The number of halogens is 4. The van der Waals surface area contributed by atoms with Gasteiger partial charge in [-0.3, -0.25) is 19.1 Å². The van der Waals surface area contributed by atoms with E-state index in [1.807, 2.05) is 4.98 Å². The van der Waals surface area contributed by atoms with Crippen LogP contribution in [0.25, 0.3) is 0 Å². The summed E-state index contributed by atoms with van der Waals surface area (Å²) in [6.45, 7) is -0.566. The van der Waals surface area contributed by atoms with Crippen molar-refractivity contribution in [1.82, 2.24) is 14.6 Å². The number of nitrogens with zero attached hydrogens (tertiary/aromatic N) is 1. The molecule has 0 amide bonds. The van der Waals surface area contributed by atoms with Crippen LogP contribution in [0.1, 0.15) is 27.0 Å². The zero-order valence-electron chi connectivity index (χ0n) is 20.8. The summed E-state index contributed by atoms with van der Waals surface area (Å²) in [5.41, 5.74) is -5.32. The summed E-state index contributed by atoms with van der Waals surface area (Å²) in [6, 6.07) is 6.71. The molecule has 6 unspecified atom stereocenters. The van der Waals surface area contributed by atoms with E-state index in [0.717, 1.165) is 6.20 Å². The van der Waals surface area contributed by atoms with Crippen molar-refractivity contribution in [3.63, 3.8) is 0 Å². The summed E-state index contributed by atoms with van der Waals surface area (Å²) in [5.74, 6) is -0.589. The summed E-state index contributed by atoms with van der Waals surface area (Å²) in [7, 11) is 0. The summed E-state index contributed by atoms with van der Waals surface area (Å²) in [4.78, 5) is 38.0. The van der Waals surface area contributed by atoms with E-state index in [4.69, 9.17) is 41.9 Å². The van der Waals surface area contributed by atoms with E-state index in [0.29, 0.717) is 4.57 Å². The lowest BCUT2D eigenvalue weighted by atomic mass is 9.98. The van der Waals surface area contributed by atoms with Crippen LogP contribution in [0.2, 0.25) is 5.02 Å². The van der Waals surface area contributed by atoms with Crippen molar-refractivity contribution < 1.29 is 41.6 Å². The molecule has 17 heteroatoms. The van der Waals surface area contributed by atoms with Gasteiger partial charge in [0.15, 0.2) is 18.0 Å². The zero-order valence-corrected chi connectivity index (χ0v) is 23.2. The molecule has 3 rings (SSSR count). The average Bonchev–Trinajstić information content (AvgIpc) is 3.11. The van der Waals surface area contributed by atoms with Gasteiger partial charge in [0.1, 0.15) is 22.9 Å². The Bertz CT molecular complexity index is 1330. The van der Waals surface area contributed by atoms with Gasteiger partial charge in [0.2, 0.25) is 0 Å². The minimum absolute atomic E-state index is 0.153. The summed E-state index contributed by atoms with van der Waals surface area (Å²) < 4.78 is 66.3. The van der Waals surface area contributed by atoms with Crippen LogP contribution in [0.3, 0.4) is 0 Å². The molecule has 0 spiro atoms. The lowest BCUT2D eigenvalue weighted by Gasteiger charge is -2.33. The van der Waals surface area contributed by atoms with E-state index in [9.17, 15) is 28.3 Å². The fourth-order valence-electron chi connectivity index (χ4n) is 3.53. The van der Waals surface area contributed by atoms with E-state index in [1.54, 1.807) is 32.0 Å². The Labute approximate surface area is 230 Å². The van der Waals surface area contributed by atoms with Crippen molar-refractivity contribution >= 4 is 36.0 Å². The highest BCUT2D eigenvalue weighted by molar-refractivity contribution is 8.09. The molecule has 2 heterocycles. The number of carbonyl (C=O) groups excluding carboxylic acids is 1. The Morgan fingerprint density at radius 3 is 2.54 bits per heavy atom. The van der Waals surface area contributed by atoms with Gasteiger partial charge in [-0.25, -0.2) is 23.1 Å². The fraction of sp³-hybridized carbons (Fsp3) is 0.500. The van der Waals surface area contributed by atoms with Gasteiger partial charge in [-0.1, -0.05) is 29.8 Å². The number of ether oxygens (including phenoxy) is 2. The molecule has 1 aliphatic heterocycles. The molecule has 0 aliphatic carbocycles. The molecule has 1 aromatic heterocycles. The minimum atomic E-state index is -3.91. The first-order chi connectivity index (χ1) is 18.2. The maximum absolute atomic E-state index is 15.4. The number of aromatic amines is 1. The quantitative estimate of drug-likeness (QED) is 0.255. The van der Waals surface area contributed by atoms with Crippen LogP contribution in [0.4, 0.5) is 13.2 Å². The summed E-state index contributed by atoms with van der Waals surface area (Å²) >= 11 is 11.2. The van der Waals surface area contributed by atoms with Gasteiger partial charge in [0, 0.05) is 6.20 Å². The van der Waals surface area contributed by atoms with Crippen LogP contribution in [0.5, 0.6) is 5.75 Å². The predicted octanol–water partition coefficient (Wildman–Crippen LogP) is 2.67. The van der Waals surface area contributed by atoms with Gasteiger partial charge in [-0.05, 0) is 44.7 Å². The number of alkyl halides is 3. The van der Waals surface area contributed by atoms with Crippen LogP contribution >= 0.6 is 18.2 Å². The second-order valence-corrected chi connectivity index (χ2v) is 12.4. The van der Waals surface area contributed by atoms with Crippen molar-refractivity contribution in [2.45, 2.75) is 63.4 Å². The third-order valence-corrected chi connectivity index (χ3v) is 8.20. The number of hydrogen-bond acceptors (Lipinski definition) is 9. The second-order valence-electron chi connectivity index (χ2n) is 8.81. The highest BCUT2D eigenvalue weighted by Gasteiger charge is 2.62. The first-order valence-electron chi connectivity index (χ1n) is 11.5. The maximum Gasteiger partial charge on any atom is 0.330 e. The van der Waals surface area contributed by atoms with Crippen molar-refractivity contribution in [3.8, 4) is 5.75 Å². The van der Waals surface area contributed by atoms with Gasteiger partial charge in [-0.15, -0.1) is 0 Å². The average molecular weight is 616 g/mol. The molecule has 1 fully saturated rings. The van der Waals surface area contributed by atoms with Crippen LogP contribution in [0, 0.1) is 0 Å². The normalized spacial score (nSPS) is 25.4. The summed E-state index contributed by atoms with van der Waals surface area (Å²) in [6.07, 6.45) is -10.5. The second kappa shape index (κ2) is 12.5. The van der Waals surface area contributed by atoms with Crippen molar-refractivity contribution in [2.24, 2.45) is 0 Å². The number of aliphatic hydroxyl groups excluding tert-OH is 1. The summed E-state index contributed by atoms with van der Waals surface area (Å²) in [5, 5.41) is 12.5. The molecular formula is C22H26ClF3N3O8PS. The van der Waals surface area contributed by atoms with Crippen LogP contribution in [0.15, 0.2) is 46.1 Å². The SMILES string of the molecule is CC(C)OC(=O)C(C)NP(=S)(OCC1(C(F)F)OC(n2cc(Cl)c(=O)[nH]c2=O)C(O)C1F)Oc1ccccc1. The molecule has 39 heavy (non-hydrogen) atoms. The number of hydrogen-bond donors (Lipinski definition) is 3. The van der Waals surface area contributed by atoms with Gasteiger partial charge in [0.05, 0.1) is 12.7 Å². The third-order valence-electron chi connectivity index (χ3n) is 5.45. The number of benzene rings is 1. The Hall–Kier alpha value is -2.26. The molecule has 0 saturated carbocycles. The van der Waals surface area contributed by atoms with Crippen molar-refractivity contribution in [2.75, 3.05) is 6.61 Å². The van der Waals surface area contributed by atoms with E-state index >= 15 is 4.39 Å². The largest absolute Gasteiger partial charge is 0.462 e. The zero-order chi connectivity index (χ0) is 29.1. The number of esters is 1. The Balaban J connectivity index is 1.92. The molecule has 6 atom stereocenters. The highest BCUT2D eigenvalue weighted by atomic mass is 35.5. The standard InChI is InChI=1S/C22H26ClF3N3O8PS/c1-11(2)35-19(32)12(3)28-38(39,37-13-7-5-4-6-8-13)34-10-22(20(25)26)16(24)15(30)18(36-22)29-9-14(23)17(31)27-21(29)33/h4-9,11-12,15-16,18,20,30H,10H2,1-3H3,(H,28,39)(H,27,31,33). The molecule has 216 valence electrons. The Morgan fingerprint density at radius 2 is 1.95 bits per heavy atom. The number of nitrogens with one attached hydrogen (secondary N) is 2. The monoisotopic (exact) mass is 615 g/mol. The first-order valence-corrected chi connectivity index (χ1v) is 14.5. The smallest absolute Gasteiger partial charge is 0.330 e. The van der Waals surface area contributed by atoms with Crippen LogP contribution in [-0.4, -0.2) is 63.7 Å². The molecule has 0 bridgehead atoms. The fourth-order valence-corrected chi connectivity index (χ4v) is 6.11. The minimum Gasteiger partial charge on any atom is -0.462 e. The number of carbonyl (C=O) groups is 1. The molecule has 0 radical (unpaired) electrons. The highest BCUT2D eigenvalue weighted by Crippen LogP contribution is 2.50. The van der Waals surface area contributed by atoms with Gasteiger partial charge in [0.25, 0.3) is 12.0 Å². The van der Waals surface area contributed by atoms with Gasteiger partial charge >= 0.3 is 18.3 Å². The lowest BCUT2D eigenvalue weighted by molar-refractivity contribution is -0.182. The predicted molar refractivity (Wildman–Crippen MR) is 137 cm³/mol. The van der Waals surface area contributed by atoms with Gasteiger partial charge in [-0.2, -0.15) is 0 Å². The number of aromatic nitrogens is 2. The maximum atomic E-state index is 15.4. The van der Waals surface area contributed by atoms with Crippen LogP contribution < -0.4 is 20.9 Å². The Kier molecular flexibility index (Phi) is 10.0. The molecule has 11 nitrogen and oxygen atoms in total. The molecule has 1 saturated heterocycles. The molecular weight excluding hydrogens is 590 g/mol. The molecule has 1 aromatic carbocycles. The van der Waals surface area contributed by atoms with E-state index in [2.05, 4.69) is 5.09 Å². The topological polar surface area (TPSA) is 141 Å². The van der Waals surface area contributed by atoms with Crippen molar-refractivity contribution in [3.05, 3.63) is 62.4 Å². The van der Waals surface area contributed by atoms with E-state index < -0.39 is 78.2 Å². The third kappa shape index (κ3) is 7.09. The first kappa shape index (κ1) is 31.3.